The first-order valence-corrected chi connectivity index (χ1v) is 10.0. The Bertz CT molecular complexity index is 712. The van der Waals surface area contributed by atoms with Gasteiger partial charge in [0.2, 0.25) is 0 Å². The average molecular weight is 418 g/mol. The number of amides is 1. The van der Waals surface area contributed by atoms with Crippen LogP contribution >= 0.6 is 15.9 Å². The number of halogens is 1. The highest BCUT2D eigenvalue weighted by molar-refractivity contribution is 9.10. The zero-order chi connectivity index (χ0) is 18.2. The van der Waals surface area contributed by atoms with Crippen molar-refractivity contribution in [2.45, 2.75) is 32.4 Å². The molecule has 0 aromatic heterocycles. The predicted octanol–water partition coefficient (Wildman–Crippen LogP) is 2.71. The first-order chi connectivity index (χ1) is 12.7. The summed E-state index contributed by atoms with van der Waals surface area (Å²) in [7, 11) is 0. The van der Waals surface area contributed by atoms with Crippen molar-refractivity contribution >= 4 is 21.8 Å². The minimum atomic E-state index is -0.119. The lowest BCUT2D eigenvalue weighted by atomic mass is 10.1. The average Bonchev–Trinajstić information content (AvgIpc) is 2.67. The summed E-state index contributed by atoms with van der Waals surface area (Å²) >= 11 is 3.39. The van der Waals surface area contributed by atoms with Gasteiger partial charge in [0.25, 0.3) is 5.91 Å². The van der Waals surface area contributed by atoms with Crippen LogP contribution in [-0.2, 0) is 17.9 Å². The second-order valence-electron chi connectivity index (χ2n) is 6.83. The van der Waals surface area contributed by atoms with Gasteiger partial charge in [-0.05, 0) is 43.0 Å². The third kappa shape index (κ3) is 6.15. The number of rotatable bonds is 7. The fraction of sp³-hybridized carbons (Fsp3) is 0.381. The molecule has 2 aromatic carbocycles. The van der Waals surface area contributed by atoms with Crippen molar-refractivity contribution in [3.05, 3.63) is 64.1 Å². The molecule has 3 rings (SSSR count). The van der Waals surface area contributed by atoms with Crippen LogP contribution in [-0.4, -0.2) is 25.6 Å². The van der Waals surface area contributed by atoms with E-state index in [-0.39, 0.29) is 12.5 Å². The second-order valence-corrected chi connectivity index (χ2v) is 7.74. The van der Waals surface area contributed by atoms with E-state index in [0.29, 0.717) is 12.3 Å². The summed E-state index contributed by atoms with van der Waals surface area (Å²) in [4.78, 5) is 13.6. The van der Waals surface area contributed by atoms with Crippen molar-refractivity contribution < 1.29 is 14.4 Å². The Kier molecular flexibility index (Phi) is 7.09. The van der Waals surface area contributed by atoms with Crippen molar-refractivity contribution in [1.29, 1.82) is 0 Å². The number of benzene rings is 2. The first-order valence-electron chi connectivity index (χ1n) is 9.25. The molecule has 26 heavy (non-hydrogen) atoms. The normalized spacial score (nSPS) is 14.8. The highest BCUT2D eigenvalue weighted by atomic mass is 79.9. The smallest absolute Gasteiger partial charge is 0.258 e. The van der Waals surface area contributed by atoms with Gasteiger partial charge in [-0.25, -0.2) is 0 Å². The lowest BCUT2D eigenvalue weighted by molar-refractivity contribution is -0.918. The Morgan fingerprint density at radius 1 is 1.04 bits per heavy atom. The number of likely N-dealkylation sites (tertiary alicyclic amines) is 1. The molecule has 2 N–H and O–H groups in total. The molecular weight excluding hydrogens is 392 g/mol. The lowest BCUT2D eigenvalue weighted by Crippen LogP contribution is -3.11. The Balaban J connectivity index is 1.40. The largest absolute Gasteiger partial charge is 0.484 e. The summed E-state index contributed by atoms with van der Waals surface area (Å²) in [6.07, 6.45) is 4.08. The monoisotopic (exact) mass is 417 g/mol. The lowest BCUT2D eigenvalue weighted by Gasteiger charge is -2.23. The molecule has 1 heterocycles. The number of piperidine rings is 1. The van der Waals surface area contributed by atoms with E-state index in [1.165, 1.54) is 37.9 Å². The van der Waals surface area contributed by atoms with Crippen LogP contribution in [0.15, 0.2) is 53.0 Å². The molecule has 0 aliphatic carbocycles. The van der Waals surface area contributed by atoms with Gasteiger partial charge in [0.1, 0.15) is 12.3 Å². The molecule has 0 bridgehead atoms. The van der Waals surface area contributed by atoms with Gasteiger partial charge in [0.15, 0.2) is 6.61 Å². The zero-order valence-electron chi connectivity index (χ0n) is 15.0. The van der Waals surface area contributed by atoms with E-state index in [4.69, 9.17) is 4.74 Å². The molecule has 1 saturated heterocycles. The molecule has 0 radical (unpaired) electrons. The third-order valence-corrected chi connectivity index (χ3v) is 5.19. The van der Waals surface area contributed by atoms with Crippen molar-refractivity contribution in [3.63, 3.8) is 0 Å². The number of nitrogens with one attached hydrogen (secondary N) is 2. The van der Waals surface area contributed by atoms with Gasteiger partial charge in [-0.2, -0.15) is 0 Å². The number of hydrogen-bond donors (Lipinski definition) is 2. The van der Waals surface area contributed by atoms with E-state index < -0.39 is 0 Å². The summed E-state index contributed by atoms with van der Waals surface area (Å²) in [6.45, 7) is 4.23. The molecule has 0 spiro atoms. The SMILES string of the molecule is O=C(COc1cccc(Br)c1)NCc1ccc(C[NH+]2CCCCC2)cc1. The fourth-order valence-electron chi connectivity index (χ4n) is 3.25. The van der Waals surface area contributed by atoms with Crippen molar-refractivity contribution in [2.75, 3.05) is 19.7 Å². The van der Waals surface area contributed by atoms with Crippen molar-refractivity contribution in [1.82, 2.24) is 5.32 Å². The summed E-state index contributed by atoms with van der Waals surface area (Å²) in [6, 6.07) is 16.1. The van der Waals surface area contributed by atoms with Gasteiger partial charge in [-0.15, -0.1) is 0 Å². The van der Waals surface area contributed by atoms with E-state index in [1.54, 1.807) is 4.90 Å². The fourth-order valence-corrected chi connectivity index (χ4v) is 3.63. The van der Waals surface area contributed by atoms with Crippen LogP contribution in [0.3, 0.4) is 0 Å². The van der Waals surface area contributed by atoms with E-state index in [2.05, 4.69) is 45.5 Å². The quantitative estimate of drug-likeness (QED) is 0.726. The van der Waals surface area contributed by atoms with Crippen LogP contribution in [0.1, 0.15) is 30.4 Å². The maximum atomic E-state index is 12.0. The number of hydrogen-bond acceptors (Lipinski definition) is 2. The predicted molar refractivity (Wildman–Crippen MR) is 106 cm³/mol. The molecule has 0 saturated carbocycles. The maximum absolute atomic E-state index is 12.0. The highest BCUT2D eigenvalue weighted by Gasteiger charge is 2.13. The molecule has 1 aliphatic heterocycles. The number of quaternary nitrogens is 1. The molecule has 138 valence electrons. The van der Waals surface area contributed by atoms with Gasteiger partial charge in [-0.3, -0.25) is 4.79 Å². The van der Waals surface area contributed by atoms with Crippen molar-refractivity contribution in [2.24, 2.45) is 0 Å². The topological polar surface area (TPSA) is 42.8 Å². The van der Waals surface area contributed by atoms with Crippen LogP contribution in [0.4, 0.5) is 0 Å². The van der Waals surface area contributed by atoms with E-state index in [9.17, 15) is 4.79 Å². The molecule has 1 fully saturated rings. The van der Waals surface area contributed by atoms with Crippen LogP contribution < -0.4 is 15.0 Å². The van der Waals surface area contributed by atoms with Gasteiger partial charge in [0, 0.05) is 16.6 Å². The second kappa shape index (κ2) is 9.74. The van der Waals surface area contributed by atoms with E-state index >= 15 is 0 Å². The Morgan fingerprint density at radius 3 is 2.50 bits per heavy atom. The maximum Gasteiger partial charge on any atom is 0.258 e. The summed E-state index contributed by atoms with van der Waals surface area (Å²) in [5, 5.41) is 2.90. The van der Waals surface area contributed by atoms with Crippen LogP contribution in [0.5, 0.6) is 5.75 Å². The van der Waals surface area contributed by atoms with E-state index in [0.717, 1.165) is 16.6 Å². The zero-order valence-corrected chi connectivity index (χ0v) is 16.6. The van der Waals surface area contributed by atoms with Gasteiger partial charge >= 0.3 is 0 Å². The molecule has 2 aromatic rings. The van der Waals surface area contributed by atoms with Gasteiger partial charge in [0.05, 0.1) is 13.1 Å². The van der Waals surface area contributed by atoms with Crippen LogP contribution in [0.25, 0.3) is 0 Å². The van der Waals surface area contributed by atoms with Crippen LogP contribution in [0.2, 0.25) is 0 Å². The van der Waals surface area contributed by atoms with Crippen LogP contribution in [0, 0.1) is 0 Å². The van der Waals surface area contributed by atoms with Gasteiger partial charge in [-0.1, -0.05) is 46.3 Å². The number of carbonyl (C=O) groups excluding carboxylic acids is 1. The number of ether oxygens (including phenoxy) is 1. The minimum Gasteiger partial charge on any atom is -0.484 e. The number of carbonyl (C=O) groups is 1. The van der Waals surface area contributed by atoms with Crippen molar-refractivity contribution in [3.8, 4) is 5.75 Å². The minimum absolute atomic E-state index is 0.0207. The molecule has 4 nitrogen and oxygen atoms in total. The molecule has 0 atom stereocenters. The Labute approximate surface area is 163 Å². The molecule has 1 aliphatic rings. The molecule has 1 amide bonds. The standard InChI is InChI=1S/C21H25BrN2O2/c22-19-5-4-6-20(13-19)26-16-21(25)23-14-17-7-9-18(10-8-17)15-24-11-2-1-3-12-24/h4-10,13H,1-3,11-12,14-16H2,(H,23,25)/p+1. The van der Waals surface area contributed by atoms with E-state index in [1.807, 2.05) is 24.3 Å². The van der Waals surface area contributed by atoms with Gasteiger partial charge < -0.3 is 15.0 Å². The molecule has 0 unspecified atom stereocenters. The summed E-state index contributed by atoms with van der Waals surface area (Å²) in [5.74, 6) is 0.561. The Hall–Kier alpha value is -1.85. The summed E-state index contributed by atoms with van der Waals surface area (Å²) in [5.41, 5.74) is 2.48. The first kappa shape index (κ1) is 18.9. The molecular formula is C21H26BrN2O2+. The third-order valence-electron chi connectivity index (χ3n) is 4.69. The summed E-state index contributed by atoms with van der Waals surface area (Å²) < 4.78 is 6.43. The Morgan fingerprint density at radius 2 is 1.77 bits per heavy atom. The highest BCUT2D eigenvalue weighted by Crippen LogP contribution is 2.17. The molecule has 5 heteroatoms.